The molecule has 1 amide bonds. The first-order chi connectivity index (χ1) is 29.9. The summed E-state index contributed by atoms with van der Waals surface area (Å²) in [7, 11) is -4.56. The zero-order valence-electron chi connectivity index (χ0n) is 37.0. The summed E-state index contributed by atoms with van der Waals surface area (Å²) in [5, 5.41) is 26.4. The maximum absolute atomic E-state index is 14.0. The molecule has 2 bridgehead atoms. The fraction of sp³-hybridized carbons (Fsp3) is 0.542. The number of nitrogens with one attached hydrogen (secondary N) is 3. The predicted molar refractivity (Wildman–Crippen MR) is 244 cm³/mol. The van der Waals surface area contributed by atoms with Crippen LogP contribution in [0.1, 0.15) is 109 Å². The van der Waals surface area contributed by atoms with Gasteiger partial charge in [-0.05, 0) is 130 Å². The van der Waals surface area contributed by atoms with E-state index < -0.39 is 37.0 Å². The number of benzene rings is 2. The molecular weight excluding hydrogens is 819 g/mol. The third-order valence-electron chi connectivity index (χ3n) is 15.1. The van der Waals surface area contributed by atoms with Gasteiger partial charge in [0, 0.05) is 68.7 Å². The number of carbonyl (C=O) groups is 1. The van der Waals surface area contributed by atoms with E-state index in [1.807, 2.05) is 19.1 Å². The largest absolute Gasteiger partial charge is 0.455 e. The fourth-order valence-electron chi connectivity index (χ4n) is 11.3. The number of allylic oxidation sites excluding steroid dienone is 1. The third-order valence-corrected chi connectivity index (χ3v) is 16.5. The van der Waals surface area contributed by atoms with E-state index in [1.165, 1.54) is 57.1 Å². The number of carbonyl (C=O) groups excluding carboxylic acids is 1. The second-order valence-corrected chi connectivity index (χ2v) is 22.1. The molecule has 5 aliphatic carbocycles. The van der Waals surface area contributed by atoms with Gasteiger partial charge in [0.15, 0.2) is 0 Å². The third kappa shape index (κ3) is 8.80. The number of amides is 1. The number of piperazine rings is 1. The van der Waals surface area contributed by atoms with Gasteiger partial charge in [-0.25, -0.2) is 18.1 Å². The highest BCUT2D eigenvalue weighted by Crippen LogP contribution is 2.79. The van der Waals surface area contributed by atoms with Crippen molar-refractivity contribution in [2.24, 2.45) is 22.2 Å². The molecule has 4 N–H and O–H groups in total. The molecule has 2 aromatic heterocycles. The van der Waals surface area contributed by atoms with Crippen molar-refractivity contribution in [1.82, 2.24) is 19.6 Å². The van der Waals surface area contributed by atoms with Crippen LogP contribution < -0.4 is 19.7 Å². The summed E-state index contributed by atoms with van der Waals surface area (Å²) in [6.07, 6.45) is 15.2. The Morgan fingerprint density at radius 2 is 1.76 bits per heavy atom. The number of nitro groups is 1. The molecule has 5 fully saturated rings. The van der Waals surface area contributed by atoms with Gasteiger partial charge >= 0.3 is 0 Å². The van der Waals surface area contributed by atoms with Crippen LogP contribution in [0.4, 0.5) is 17.1 Å². The smallest absolute Gasteiger partial charge is 0.293 e. The Morgan fingerprint density at radius 3 is 2.48 bits per heavy atom. The quantitative estimate of drug-likeness (QED) is 0.0539. The first kappa shape index (κ1) is 43.3. The number of H-pyrrole nitrogens is 1. The number of pyridine rings is 1. The van der Waals surface area contributed by atoms with Crippen LogP contribution in [-0.2, 0) is 10.0 Å². The SMILES string of the molecule is CCC12CC(C3=C(CN4CCN(c5ccc(C(=O)NS(=O)(=O)c6ccc(NC[C@H]7CC[C@](C)(O)CC7)c([N+](=O)[O-])c6)c(Oc6cnc7[nH]ccc7c6)c5)CC4)CCC(C)(C)C3)(C1)C2. The molecule has 0 unspecified atom stereocenters. The summed E-state index contributed by atoms with van der Waals surface area (Å²) in [4.78, 5) is 37.4. The number of anilines is 2. The van der Waals surface area contributed by atoms with Crippen LogP contribution >= 0.6 is 0 Å². The minimum Gasteiger partial charge on any atom is -0.455 e. The number of rotatable bonds is 14. The van der Waals surface area contributed by atoms with E-state index in [0.717, 1.165) is 62.7 Å². The molecule has 14 nitrogen and oxygen atoms in total. The number of aromatic nitrogens is 2. The molecule has 10 rings (SSSR count). The Hall–Kier alpha value is -4.99. The lowest BCUT2D eigenvalue weighted by atomic mass is 9.31. The topological polar surface area (TPSA) is 183 Å². The molecule has 0 atom stereocenters. The Kier molecular flexibility index (Phi) is 11.1. The maximum atomic E-state index is 14.0. The molecule has 15 heteroatoms. The highest BCUT2D eigenvalue weighted by molar-refractivity contribution is 7.90. The summed E-state index contributed by atoms with van der Waals surface area (Å²) in [5.41, 5.74) is 5.41. The second-order valence-electron chi connectivity index (χ2n) is 20.4. The number of aromatic amines is 1. The predicted octanol–water partition coefficient (Wildman–Crippen LogP) is 8.94. The summed E-state index contributed by atoms with van der Waals surface area (Å²) in [6, 6.07) is 12.4. The van der Waals surface area contributed by atoms with E-state index in [0.29, 0.717) is 47.0 Å². The highest BCUT2D eigenvalue weighted by Gasteiger charge is 2.68. The molecule has 63 heavy (non-hydrogen) atoms. The van der Waals surface area contributed by atoms with Gasteiger partial charge in [0.05, 0.1) is 27.2 Å². The Morgan fingerprint density at radius 1 is 1.02 bits per heavy atom. The number of hydrogen-bond donors (Lipinski definition) is 4. The highest BCUT2D eigenvalue weighted by atomic mass is 32.2. The van der Waals surface area contributed by atoms with E-state index in [1.54, 1.807) is 41.7 Å². The van der Waals surface area contributed by atoms with Crippen LogP contribution in [0.15, 0.2) is 77.0 Å². The van der Waals surface area contributed by atoms with Gasteiger partial charge < -0.3 is 25.0 Å². The van der Waals surface area contributed by atoms with Gasteiger partial charge in [0.25, 0.3) is 21.6 Å². The minimum atomic E-state index is -4.56. The lowest BCUT2D eigenvalue weighted by molar-refractivity contribution is -0.384. The molecule has 6 aliphatic rings. The van der Waals surface area contributed by atoms with Crippen molar-refractivity contribution in [3.63, 3.8) is 0 Å². The minimum absolute atomic E-state index is 0.0208. The molecule has 3 heterocycles. The van der Waals surface area contributed by atoms with Gasteiger partial charge in [-0.15, -0.1) is 0 Å². The van der Waals surface area contributed by atoms with Crippen LogP contribution in [0, 0.1) is 32.3 Å². The van der Waals surface area contributed by atoms with Gasteiger partial charge in [0.1, 0.15) is 22.8 Å². The standard InChI is InChI=1S/C48H61N7O7S/c1-5-47-29-48(30-47,31-47)39-25-45(2,3)14-12-34(39)28-53-18-20-54(21-19-53)35-6-8-38(42(23-35)62-36-22-33-13-17-49-43(33)51-27-36)44(56)52-63(60,61)37-7-9-40(41(24-37)55(58)59)50-26-32-10-15-46(4,57)16-11-32/h6-9,13,17,22-24,27,32,50,57H,5,10-12,14-16,18-21,25-26,28-31H2,1-4H3,(H,49,51)(H,52,56)/t32-,46-,47?,48?. The van der Waals surface area contributed by atoms with Gasteiger partial charge in [-0.3, -0.25) is 19.8 Å². The van der Waals surface area contributed by atoms with Crippen molar-refractivity contribution in [2.45, 2.75) is 109 Å². The zero-order chi connectivity index (χ0) is 44.4. The molecule has 4 saturated carbocycles. The van der Waals surface area contributed by atoms with Crippen LogP contribution in [0.5, 0.6) is 11.5 Å². The monoisotopic (exact) mass is 879 g/mol. The van der Waals surface area contributed by atoms with Crippen molar-refractivity contribution >= 4 is 44.0 Å². The molecule has 0 radical (unpaired) electrons. The number of sulfonamides is 1. The van der Waals surface area contributed by atoms with Crippen molar-refractivity contribution < 1.29 is 28.0 Å². The van der Waals surface area contributed by atoms with E-state index >= 15 is 0 Å². The molecule has 1 saturated heterocycles. The van der Waals surface area contributed by atoms with Crippen molar-refractivity contribution in [1.29, 1.82) is 0 Å². The average molecular weight is 880 g/mol. The zero-order valence-corrected chi connectivity index (χ0v) is 37.8. The van der Waals surface area contributed by atoms with Crippen LogP contribution in [0.25, 0.3) is 11.0 Å². The second kappa shape index (κ2) is 16.2. The summed E-state index contributed by atoms with van der Waals surface area (Å²) >= 11 is 0. The number of fused-ring (bicyclic) bond motifs is 1. The number of nitro benzene ring substituents is 1. The lowest BCUT2D eigenvalue weighted by Gasteiger charge is -2.73. The van der Waals surface area contributed by atoms with Crippen molar-refractivity contribution in [2.75, 3.05) is 49.5 Å². The number of aliphatic hydroxyl groups is 1. The van der Waals surface area contributed by atoms with Gasteiger partial charge in [0.2, 0.25) is 0 Å². The summed E-state index contributed by atoms with van der Waals surface area (Å²) in [5.74, 6) is -0.214. The lowest BCUT2D eigenvalue weighted by Crippen LogP contribution is -2.63. The Bertz CT molecular complexity index is 2550. The first-order valence-corrected chi connectivity index (χ1v) is 24.2. The van der Waals surface area contributed by atoms with Crippen LogP contribution in [-0.4, -0.2) is 84.1 Å². The Labute approximate surface area is 370 Å². The number of nitrogens with zero attached hydrogens (tertiary/aromatic N) is 4. The average Bonchev–Trinajstić information content (AvgIpc) is 3.69. The maximum Gasteiger partial charge on any atom is 0.293 e. The normalized spacial score (nSPS) is 27.1. The molecule has 2 aromatic carbocycles. The van der Waals surface area contributed by atoms with E-state index in [2.05, 4.69) is 50.6 Å². The fourth-order valence-corrected chi connectivity index (χ4v) is 12.2. The summed E-state index contributed by atoms with van der Waals surface area (Å²) < 4.78 is 35.9. The van der Waals surface area contributed by atoms with Crippen LogP contribution in [0.2, 0.25) is 0 Å². The van der Waals surface area contributed by atoms with E-state index in [-0.39, 0.29) is 22.9 Å². The molecule has 1 aliphatic heterocycles. The number of ether oxygens (including phenoxy) is 1. The van der Waals surface area contributed by atoms with Gasteiger partial charge in [-0.2, -0.15) is 0 Å². The number of hydrogen-bond acceptors (Lipinski definition) is 11. The molecule has 0 spiro atoms. The van der Waals surface area contributed by atoms with E-state index in [4.69, 9.17) is 4.74 Å². The molecular formula is C48H61N7O7S. The van der Waals surface area contributed by atoms with Crippen molar-refractivity contribution in [3.8, 4) is 11.5 Å². The van der Waals surface area contributed by atoms with Crippen molar-refractivity contribution in [3.05, 3.63) is 87.7 Å². The molecule has 336 valence electrons. The van der Waals surface area contributed by atoms with E-state index in [9.17, 15) is 28.4 Å². The van der Waals surface area contributed by atoms with Crippen LogP contribution in [0.3, 0.4) is 0 Å². The Balaban J connectivity index is 0.910. The molecule has 4 aromatic rings. The summed E-state index contributed by atoms with van der Waals surface area (Å²) in [6.45, 7) is 13.8. The first-order valence-electron chi connectivity index (χ1n) is 22.7. The van der Waals surface area contributed by atoms with Gasteiger partial charge in [-0.1, -0.05) is 38.3 Å².